The highest BCUT2D eigenvalue weighted by Gasteiger charge is 2.28. The van der Waals surface area contributed by atoms with Crippen LogP contribution in [0.2, 0.25) is 0 Å². The molecule has 0 bridgehead atoms. The number of carbonyl (C=O) groups excluding carboxylic acids is 2. The van der Waals surface area contributed by atoms with Crippen molar-refractivity contribution in [3.05, 3.63) is 34.6 Å². The van der Waals surface area contributed by atoms with E-state index in [1.807, 2.05) is 0 Å². The molecule has 1 atom stereocenters. The summed E-state index contributed by atoms with van der Waals surface area (Å²) in [5.41, 5.74) is 0.174. The molecule has 0 radical (unpaired) electrons. The molecule has 8 heteroatoms. The van der Waals surface area contributed by atoms with Gasteiger partial charge in [-0.3, -0.25) is 14.4 Å². The van der Waals surface area contributed by atoms with Gasteiger partial charge in [0.05, 0.1) is 11.3 Å². The minimum absolute atomic E-state index is 0.00335. The summed E-state index contributed by atoms with van der Waals surface area (Å²) < 4.78 is 1.09. The number of fused-ring (bicyclic) bond motifs is 1. The first kappa shape index (κ1) is 19.0. The van der Waals surface area contributed by atoms with Crippen molar-refractivity contribution in [3.63, 3.8) is 0 Å². The third-order valence-electron chi connectivity index (χ3n) is 4.89. The second-order valence-corrected chi connectivity index (χ2v) is 6.89. The van der Waals surface area contributed by atoms with Gasteiger partial charge >= 0.3 is 0 Å². The second kappa shape index (κ2) is 8.75. The van der Waals surface area contributed by atoms with Gasteiger partial charge in [0.2, 0.25) is 11.8 Å². The number of amides is 2. The van der Waals surface area contributed by atoms with E-state index in [1.54, 1.807) is 29.2 Å². The van der Waals surface area contributed by atoms with E-state index in [-0.39, 0.29) is 29.8 Å². The number of benzene rings is 1. The number of nitrogens with one attached hydrogen (secondary N) is 1. The first-order chi connectivity index (χ1) is 13.1. The minimum Gasteiger partial charge on any atom is -0.356 e. The Morgan fingerprint density at radius 3 is 2.93 bits per heavy atom. The minimum atomic E-state index is -0.334. The van der Waals surface area contributed by atoms with Crippen LogP contribution in [0.4, 0.5) is 0 Å². The van der Waals surface area contributed by atoms with Crippen molar-refractivity contribution in [3.8, 4) is 0 Å². The third kappa shape index (κ3) is 4.50. The van der Waals surface area contributed by atoms with Crippen LogP contribution in [0.5, 0.6) is 0 Å². The molecule has 0 spiro atoms. The number of hydrogen-bond acceptors (Lipinski definition) is 5. The summed E-state index contributed by atoms with van der Waals surface area (Å²) in [7, 11) is 0. The van der Waals surface area contributed by atoms with Crippen LogP contribution in [-0.4, -0.2) is 51.3 Å². The highest BCUT2D eigenvalue weighted by Crippen LogP contribution is 2.17. The lowest BCUT2D eigenvalue weighted by Crippen LogP contribution is -2.47. The smallest absolute Gasteiger partial charge is 0.278 e. The maximum atomic E-state index is 12.7. The largest absolute Gasteiger partial charge is 0.356 e. The Balaban J connectivity index is 1.65. The quantitative estimate of drug-likeness (QED) is 0.763. The first-order valence-corrected chi connectivity index (χ1v) is 9.48. The van der Waals surface area contributed by atoms with Crippen molar-refractivity contribution >= 4 is 22.7 Å². The molecule has 2 amide bonds. The number of rotatable bonds is 6. The zero-order chi connectivity index (χ0) is 19.2. The summed E-state index contributed by atoms with van der Waals surface area (Å²) in [6, 6.07) is 6.92. The molecule has 1 aromatic heterocycles. The zero-order valence-electron chi connectivity index (χ0n) is 15.6. The molecule has 1 fully saturated rings. The van der Waals surface area contributed by atoms with Crippen molar-refractivity contribution in [2.45, 2.75) is 39.2 Å². The number of nitrogens with zero attached hydrogens (tertiary/aromatic N) is 4. The Bertz CT molecular complexity index is 879. The first-order valence-electron chi connectivity index (χ1n) is 9.48. The van der Waals surface area contributed by atoms with Crippen molar-refractivity contribution in [2.24, 2.45) is 5.92 Å². The maximum absolute atomic E-state index is 12.7. The summed E-state index contributed by atoms with van der Waals surface area (Å²) in [6.45, 7) is 3.55. The van der Waals surface area contributed by atoms with E-state index < -0.39 is 0 Å². The van der Waals surface area contributed by atoms with Crippen molar-refractivity contribution in [2.75, 3.05) is 19.6 Å². The molecule has 2 heterocycles. The fourth-order valence-electron chi connectivity index (χ4n) is 3.31. The zero-order valence-corrected chi connectivity index (χ0v) is 15.6. The van der Waals surface area contributed by atoms with Gasteiger partial charge in [-0.1, -0.05) is 30.7 Å². The van der Waals surface area contributed by atoms with Crippen LogP contribution >= 0.6 is 0 Å². The fourth-order valence-corrected chi connectivity index (χ4v) is 3.31. The molecule has 1 aliphatic rings. The van der Waals surface area contributed by atoms with E-state index in [0.29, 0.717) is 30.5 Å². The molecular weight excluding hydrogens is 346 g/mol. The van der Waals surface area contributed by atoms with Crippen molar-refractivity contribution in [1.29, 1.82) is 0 Å². The molecule has 8 nitrogen and oxygen atoms in total. The highest BCUT2D eigenvalue weighted by molar-refractivity contribution is 5.81. The monoisotopic (exact) mass is 371 g/mol. The summed E-state index contributed by atoms with van der Waals surface area (Å²) >= 11 is 0. The summed E-state index contributed by atoms with van der Waals surface area (Å²) in [4.78, 5) is 39.1. The van der Waals surface area contributed by atoms with Gasteiger partial charge in [0.1, 0.15) is 12.1 Å². The normalized spacial score (nSPS) is 17.1. The van der Waals surface area contributed by atoms with E-state index >= 15 is 0 Å². The molecule has 1 aromatic carbocycles. The number of carbonyl (C=O) groups is 2. The van der Waals surface area contributed by atoms with Crippen molar-refractivity contribution < 1.29 is 9.59 Å². The van der Waals surface area contributed by atoms with E-state index in [0.717, 1.165) is 30.4 Å². The Labute approximate surface area is 157 Å². The molecule has 3 rings (SSSR count). The Morgan fingerprint density at radius 1 is 1.30 bits per heavy atom. The van der Waals surface area contributed by atoms with E-state index in [4.69, 9.17) is 0 Å². The predicted molar refractivity (Wildman–Crippen MR) is 101 cm³/mol. The van der Waals surface area contributed by atoms with Gasteiger partial charge in [-0.25, -0.2) is 4.68 Å². The lowest BCUT2D eigenvalue weighted by Gasteiger charge is -2.32. The summed E-state index contributed by atoms with van der Waals surface area (Å²) in [5.74, 6) is -0.407. The SMILES string of the molecule is CCCCNC(=O)C1CCCN(C(=O)Cn2nnc3ccccc3c2=O)C1. The number of piperidine rings is 1. The Morgan fingerprint density at radius 2 is 2.11 bits per heavy atom. The van der Waals surface area contributed by atoms with Gasteiger partial charge < -0.3 is 10.2 Å². The third-order valence-corrected chi connectivity index (χ3v) is 4.89. The molecule has 1 aliphatic heterocycles. The molecule has 0 aliphatic carbocycles. The number of unbranched alkanes of at least 4 members (excludes halogenated alkanes) is 1. The standard InChI is InChI=1S/C19H25N5O3/c1-2-3-10-20-18(26)14-7-6-11-23(12-14)17(25)13-24-19(27)15-8-4-5-9-16(15)21-22-24/h4-5,8-9,14H,2-3,6-7,10-13H2,1H3,(H,20,26). The van der Waals surface area contributed by atoms with E-state index in [1.165, 1.54) is 0 Å². The molecular formula is C19H25N5O3. The van der Waals surface area contributed by atoms with Crippen LogP contribution in [0.1, 0.15) is 32.6 Å². The lowest BCUT2D eigenvalue weighted by molar-refractivity contribution is -0.136. The van der Waals surface area contributed by atoms with Gasteiger partial charge in [0.25, 0.3) is 5.56 Å². The molecule has 1 N–H and O–H groups in total. The molecule has 144 valence electrons. The average molecular weight is 371 g/mol. The van der Waals surface area contributed by atoms with Gasteiger partial charge in [-0.2, -0.15) is 0 Å². The lowest BCUT2D eigenvalue weighted by atomic mass is 9.97. The van der Waals surface area contributed by atoms with E-state index in [2.05, 4.69) is 22.6 Å². The molecule has 2 aromatic rings. The van der Waals surface area contributed by atoms with Crippen LogP contribution in [-0.2, 0) is 16.1 Å². The van der Waals surface area contributed by atoms with Crippen LogP contribution in [0.15, 0.2) is 29.1 Å². The van der Waals surface area contributed by atoms with Crippen LogP contribution in [0, 0.1) is 5.92 Å². The van der Waals surface area contributed by atoms with Crippen LogP contribution < -0.4 is 10.9 Å². The molecule has 1 unspecified atom stereocenters. The molecule has 27 heavy (non-hydrogen) atoms. The highest BCUT2D eigenvalue weighted by atomic mass is 16.2. The van der Waals surface area contributed by atoms with Crippen LogP contribution in [0.3, 0.4) is 0 Å². The van der Waals surface area contributed by atoms with Gasteiger partial charge in [-0.15, -0.1) is 5.10 Å². The van der Waals surface area contributed by atoms with Gasteiger partial charge in [0.15, 0.2) is 0 Å². The number of likely N-dealkylation sites (tertiary alicyclic amines) is 1. The number of hydrogen-bond donors (Lipinski definition) is 1. The van der Waals surface area contributed by atoms with E-state index in [9.17, 15) is 14.4 Å². The summed E-state index contributed by atoms with van der Waals surface area (Å²) in [5, 5.41) is 11.3. The summed E-state index contributed by atoms with van der Waals surface area (Å²) in [6.07, 6.45) is 3.52. The average Bonchev–Trinajstić information content (AvgIpc) is 2.70. The molecule has 0 saturated carbocycles. The second-order valence-electron chi connectivity index (χ2n) is 6.89. The van der Waals surface area contributed by atoms with Crippen molar-refractivity contribution in [1.82, 2.24) is 25.2 Å². The predicted octanol–water partition coefficient (Wildman–Crippen LogP) is 0.946. The molecule has 1 saturated heterocycles. The van der Waals surface area contributed by atoms with Gasteiger partial charge in [-0.05, 0) is 31.4 Å². The fraction of sp³-hybridized carbons (Fsp3) is 0.526. The Kier molecular flexibility index (Phi) is 6.16. The maximum Gasteiger partial charge on any atom is 0.278 e. The Hall–Kier alpha value is -2.77. The van der Waals surface area contributed by atoms with Gasteiger partial charge in [0, 0.05) is 19.6 Å². The topological polar surface area (TPSA) is 97.2 Å². The van der Waals surface area contributed by atoms with Crippen LogP contribution in [0.25, 0.3) is 10.9 Å². The number of aromatic nitrogens is 3.